The number of nitrogens with zero attached hydrogens (tertiary/aromatic N) is 4. The number of para-hydroxylation sites is 1. The smallest absolute Gasteiger partial charge is 0.190 e. The second-order valence-corrected chi connectivity index (χ2v) is 8.07. The molecule has 0 aliphatic heterocycles. The van der Waals surface area contributed by atoms with Crippen LogP contribution in [0.3, 0.4) is 0 Å². The molecule has 0 radical (unpaired) electrons. The Morgan fingerprint density at radius 1 is 1.14 bits per heavy atom. The molecule has 0 spiro atoms. The van der Waals surface area contributed by atoms with Crippen LogP contribution < -0.4 is 10.6 Å². The Morgan fingerprint density at radius 2 is 1.93 bits per heavy atom. The number of aryl methyl sites for hydroxylation is 3. The van der Waals surface area contributed by atoms with Crippen molar-refractivity contribution in [1.82, 2.24) is 25.4 Å². The van der Waals surface area contributed by atoms with E-state index in [0.717, 1.165) is 56.1 Å². The third kappa shape index (κ3) is 6.15. The van der Waals surface area contributed by atoms with Crippen molar-refractivity contribution in [2.24, 2.45) is 4.99 Å². The zero-order chi connectivity index (χ0) is 20.5. The summed E-state index contributed by atoms with van der Waals surface area (Å²) in [5, 5.41) is 12.6. The molecule has 0 amide bonds. The number of rotatable bonds is 9. The topological polar surface area (TPSA) is 67.1 Å². The van der Waals surface area contributed by atoms with Gasteiger partial charge in [-0.2, -0.15) is 5.10 Å². The van der Waals surface area contributed by atoms with Gasteiger partial charge in [0, 0.05) is 43.8 Å². The minimum atomic E-state index is 0.833. The zero-order valence-electron chi connectivity index (χ0n) is 17.5. The summed E-state index contributed by atoms with van der Waals surface area (Å²) in [6, 6.07) is 10.2. The second kappa shape index (κ2) is 10.8. The Kier molecular flexibility index (Phi) is 7.81. The molecular weight excluding hydrogens is 380 g/mol. The first-order chi connectivity index (χ1) is 14.2. The molecule has 1 aromatic carbocycles. The average Bonchev–Trinajstić information content (AvgIpc) is 3.37. The Labute approximate surface area is 177 Å². The van der Waals surface area contributed by atoms with E-state index in [9.17, 15) is 0 Å². The highest BCUT2D eigenvalue weighted by Crippen LogP contribution is 2.14. The minimum absolute atomic E-state index is 0.833. The second-order valence-electron chi connectivity index (χ2n) is 6.87. The molecule has 0 atom stereocenters. The van der Waals surface area contributed by atoms with Crippen LogP contribution in [-0.4, -0.2) is 40.9 Å². The molecular formula is C22H30N6S. The number of hydrogen-bond acceptors (Lipinski definition) is 4. The number of benzene rings is 1. The van der Waals surface area contributed by atoms with Gasteiger partial charge in [-0.25, -0.2) is 9.67 Å². The van der Waals surface area contributed by atoms with E-state index in [4.69, 9.17) is 0 Å². The molecule has 29 heavy (non-hydrogen) atoms. The fourth-order valence-corrected chi connectivity index (χ4v) is 3.94. The van der Waals surface area contributed by atoms with Gasteiger partial charge in [0.15, 0.2) is 5.96 Å². The average molecular weight is 411 g/mol. The van der Waals surface area contributed by atoms with Gasteiger partial charge in [-0.3, -0.25) is 4.99 Å². The summed E-state index contributed by atoms with van der Waals surface area (Å²) in [5.41, 5.74) is 3.47. The van der Waals surface area contributed by atoms with Crippen LogP contribution in [0.1, 0.15) is 34.5 Å². The molecule has 0 saturated heterocycles. The maximum absolute atomic E-state index is 4.64. The Bertz CT molecular complexity index is 913. The lowest BCUT2D eigenvalue weighted by Gasteiger charge is -2.11. The minimum Gasteiger partial charge on any atom is -0.356 e. The summed E-state index contributed by atoms with van der Waals surface area (Å²) >= 11 is 1.79. The summed E-state index contributed by atoms with van der Waals surface area (Å²) in [6.07, 6.45) is 8.10. The summed E-state index contributed by atoms with van der Waals surface area (Å²) in [7, 11) is 1.81. The van der Waals surface area contributed by atoms with E-state index < -0.39 is 0 Å². The first-order valence-corrected chi connectivity index (χ1v) is 11.0. The maximum Gasteiger partial charge on any atom is 0.190 e. The SMILES string of the molecule is CCc1cnc(CCNC(=NC)NCCCc2cn(-c3ccccc3)nc2C)s1. The molecule has 0 fully saturated rings. The number of hydrogen-bond donors (Lipinski definition) is 2. The number of aromatic nitrogens is 3. The van der Waals surface area contributed by atoms with Crippen LogP contribution in [-0.2, 0) is 19.3 Å². The molecule has 0 saturated carbocycles. The number of guanidine groups is 1. The van der Waals surface area contributed by atoms with Crippen molar-refractivity contribution < 1.29 is 0 Å². The van der Waals surface area contributed by atoms with E-state index >= 15 is 0 Å². The highest BCUT2D eigenvalue weighted by molar-refractivity contribution is 7.11. The molecule has 6 nitrogen and oxygen atoms in total. The molecule has 154 valence electrons. The fraction of sp³-hybridized carbons (Fsp3) is 0.409. The first kappa shape index (κ1) is 21.0. The van der Waals surface area contributed by atoms with Crippen molar-refractivity contribution in [3.8, 4) is 5.69 Å². The predicted octanol–water partition coefficient (Wildman–Crippen LogP) is 3.54. The third-order valence-electron chi connectivity index (χ3n) is 4.74. The largest absolute Gasteiger partial charge is 0.356 e. The van der Waals surface area contributed by atoms with Gasteiger partial charge < -0.3 is 10.6 Å². The molecule has 2 heterocycles. The molecule has 7 heteroatoms. The van der Waals surface area contributed by atoms with Crippen molar-refractivity contribution in [3.05, 3.63) is 63.9 Å². The van der Waals surface area contributed by atoms with E-state index in [1.54, 1.807) is 11.3 Å². The Hall–Kier alpha value is -2.67. The quantitative estimate of drug-likeness (QED) is 0.322. The highest BCUT2D eigenvalue weighted by Gasteiger charge is 2.07. The molecule has 0 aliphatic carbocycles. The summed E-state index contributed by atoms with van der Waals surface area (Å²) in [4.78, 5) is 10.1. The summed E-state index contributed by atoms with van der Waals surface area (Å²) < 4.78 is 1.96. The maximum atomic E-state index is 4.64. The molecule has 3 rings (SSSR count). The van der Waals surface area contributed by atoms with Gasteiger partial charge in [-0.15, -0.1) is 11.3 Å². The van der Waals surface area contributed by atoms with Gasteiger partial charge in [-0.05, 0) is 43.9 Å². The van der Waals surface area contributed by atoms with E-state index in [1.807, 2.05) is 36.1 Å². The van der Waals surface area contributed by atoms with Gasteiger partial charge in [0.2, 0.25) is 0 Å². The number of aliphatic imine (C=N–C) groups is 1. The van der Waals surface area contributed by atoms with Gasteiger partial charge in [-0.1, -0.05) is 25.1 Å². The van der Waals surface area contributed by atoms with Crippen LogP contribution in [0.5, 0.6) is 0 Å². The lowest BCUT2D eigenvalue weighted by molar-refractivity contribution is 0.737. The Morgan fingerprint density at radius 3 is 2.66 bits per heavy atom. The van der Waals surface area contributed by atoms with Gasteiger partial charge in [0.1, 0.15) is 0 Å². The molecule has 0 unspecified atom stereocenters. The van der Waals surface area contributed by atoms with Gasteiger partial charge >= 0.3 is 0 Å². The summed E-state index contributed by atoms with van der Waals surface area (Å²) in [6.45, 7) is 5.94. The standard InChI is InChI=1S/C22H30N6S/c1-4-20-15-26-21(29-20)12-14-25-22(23-3)24-13-8-9-18-16-28(27-17(18)2)19-10-6-5-7-11-19/h5-7,10-11,15-16H,4,8-9,12-14H2,1-3H3,(H2,23,24,25). The van der Waals surface area contributed by atoms with Crippen LogP contribution >= 0.6 is 11.3 Å². The fourth-order valence-electron chi connectivity index (χ4n) is 3.08. The zero-order valence-corrected chi connectivity index (χ0v) is 18.3. The van der Waals surface area contributed by atoms with E-state index in [0.29, 0.717) is 0 Å². The molecule has 3 aromatic rings. The van der Waals surface area contributed by atoms with Crippen molar-refractivity contribution in [2.75, 3.05) is 20.1 Å². The number of thiazole rings is 1. The first-order valence-electron chi connectivity index (χ1n) is 10.2. The van der Waals surface area contributed by atoms with Crippen molar-refractivity contribution >= 4 is 17.3 Å². The van der Waals surface area contributed by atoms with Crippen LogP contribution in [0.2, 0.25) is 0 Å². The number of nitrogens with one attached hydrogen (secondary N) is 2. The predicted molar refractivity (Wildman–Crippen MR) is 121 cm³/mol. The van der Waals surface area contributed by atoms with E-state index in [1.165, 1.54) is 15.4 Å². The van der Waals surface area contributed by atoms with Crippen molar-refractivity contribution in [2.45, 2.75) is 39.5 Å². The van der Waals surface area contributed by atoms with Crippen molar-refractivity contribution in [1.29, 1.82) is 0 Å². The van der Waals surface area contributed by atoms with Crippen LogP contribution in [0.25, 0.3) is 5.69 Å². The third-order valence-corrected chi connectivity index (χ3v) is 5.94. The van der Waals surface area contributed by atoms with Gasteiger partial charge in [0.25, 0.3) is 0 Å². The molecule has 0 aliphatic rings. The van der Waals surface area contributed by atoms with Crippen molar-refractivity contribution in [3.63, 3.8) is 0 Å². The normalized spacial score (nSPS) is 11.6. The lowest BCUT2D eigenvalue weighted by Crippen LogP contribution is -2.38. The van der Waals surface area contributed by atoms with E-state index in [-0.39, 0.29) is 0 Å². The van der Waals surface area contributed by atoms with E-state index in [2.05, 4.69) is 57.9 Å². The van der Waals surface area contributed by atoms with Crippen LogP contribution in [0, 0.1) is 6.92 Å². The molecule has 2 N–H and O–H groups in total. The monoisotopic (exact) mass is 410 g/mol. The lowest BCUT2D eigenvalue weighted by atomic mass is 10.1. The molecule has 2 aromatic heterocycles. The highest BCUT2D eigenvalue weighted by atomic mass is 32.1. The summed E-state index contributed by atoms with van der Waals surface area (Å²) in [5.74, 6) is 0.842. The van der Waals surface area contributed by atoms with Crippen LogP contribution in [0.4, 0.5) is 0 Å². The van der Waals surface area contributed by atoms with Gasteiger partial charge in [0.05, 0.1) is 16.4 Å². The molecule has 0 bridgehead atoms. The Balaban J connectivity index is 1.39. The van der Waals surface area contributed by atoms with Crippen LogP contribution in [0.15, 0.2) is 47.7 Å².